The summed E-state index contributed by atoms with van der Waals surface area (Å²) >= 11 is 0. The number of hydrogen-bond donors (Lipinski definition) is 0. The molecule has 0 aliphatic carbocycles. The van der Waals surface area contributed by atoms with Gasteiger partial charge < -0.3 is 9.80 Å². The summed E-state index contributed by atoms with van der Waals surface area (Å²) in [6.07, 6.45) is 0. The van der Waals surface area contributed by atoms with E-state index in [4.69, 9.17) is 0 Å². The van der Waals surface area contributed by atoms with Crippen LogP contribution in [-0.2, 0) is 16.4 Å². The third-order valence-electron chi connectivity index (χ3n) is 6.74. The number of rotatable bonds is 4. The van der Waals surface area contributed by atoms with Gasteiger partial charge in [0.25, 0.3) is 0 Å². The number of benzene rings is 2. The molecule has 3 saturated heterocycles. The Morgan fingerprint density at radius 2 is 1.28 bits per heavy atom. The summed E-state index contributed by atoms with van der Waals surface area (Å²) < 4.78 is 23.3. The maximum Gasteiger partial charge on any atom is 0.153 e. The van der Waals surface area contributed by atoms with Crippen LogP contribution in [0.3, 0.4) is 0 Å². The van der Waals surface area contributed by atoms with Gasteiger partial charge in [-0.15, -0.1) is 0 Å². The van der Waals surface area contributed by atoms with Crippen molar-refractivity contribution in [3.63, 3.8) is 0 Å². The molecular weight excluding hydrogens is 382 g/mol. The smallest absolute Gasteiger partial charge is 0.153 e. The normalized spacial score (nSPS) is 26.6. The molecule has 3 heterocycles. The van der Waals surface area contributed by atoms with Crippen molar-refractivity contribution >= 4 is 21.2 Å². The fraction of sp³-hybridized carbons (Fsp3) is 0.478. The summed E-state index contributed by atoms with van der Waals surface area (Å²) in [4.78, 5) is 7.32. The summed E-state index contributed by atoms with van der Waals surface area (Å²) in [5.41, 5.74) is 3.84. The molecule has 6 heteroatoms. The number of likely N-dealkylation sites (tertiary alicyclic amines) is 1. The van der Waals surface area contributed by atoms with E-state index in [1.54, 1.807) is 0 Å². The third kappa shape index (κ3) is 4.14. The first-order chi connectivity index (χ1) is 14.1. The average molecular weight is 412 g/mol. The monoisotopic (exact) mass is 411 g/mol. The van der Waals surface area contributed by atoms with E-state index in [1.807, 2.05) is 0 Å². The predicted octanol–water partition coefficient (Wildman–Crippen LogP) is 2.49. The van der Waals surface area contributed by atoms with Gasteiger partial charge in [0.15, 0.2) is 9.84 Å². The van der Waals surface area contributed by atoms with Crippen molar-refractivity contribution < 1.29 is 8.42 Å². The van der Waals surface area contributed by atoms with Crippen molar-refractivity contribution in [1.82, 2.24) is 4.90 Å². The Bertz CT molecular complexity index is 918. The Balaban J connectivity index is 1.17. The van der Waals surface area contributed by atoms with Gasteiger partial charge in [-0.1, -0.05) is 30.3 Å². The minimum Gasteiger partial charge on any atom is -0.371 e. The highest BCUT2D eigenvalue weighted by atomic mass is 32.2. The van der Waals surface area contributed by atoms with E-state index in [-0.39, 0.29) is 11.5 Å². The minimum absolute atomic E-state index is 0.268. The SMILES string of the molecule is O=S1(=O)CCN(c2ccc(N3CC4CN(Cc5ccccc5)CC4C3)cc2)CC1. The van der Waals surface area contributed by atoms with Crippen molar-refractivity contribution in [2.24, 2.45) is 11.8 Å². The lowest BCUT2D eigenvalue weighted by Crippen LogP contribution is -2.40. The van der Waals surface area contributed by atoms with Crippen LogP contribution < -0.4 is 9.80 Å². The summed E-state index contributed by atoms with van der Waals surface area (Å²) in [7, 11) is -2.83. The zero-order chi connectivity index (χ0) is 19.8. The van der Waals surface area contributed by atoms with Gasteiger partial charge in [0.05, 0.1) is 11.5 Å². The Hall–Kier alpha value is -2.05. The zero-order valence-corrected chi connectivity index (χ0v) is 17.6. The molecule has 5 nitrogen and oxygen atoms in total. The van der Waals surface area contributed by atoms with Crippen molar-refractivity contribution in [2.45, 2.75) is 6.54 Å². The van der Waals surface area contributed by atoms with Crippen molar-refractivity contribution in [3.8, 4) is 0 Å². The van der Waals surface area contributed by atoms with Gasteiger partial charge in [-0.25, -0.2) is 8.42 Å². The molecular formula is C23H29N3O2S. The van der Waals surface area contributed by atoms with E-state index < -0.39 is 9.84 Å². The molecule has 2 unspecified atom stereocenters. The van der Waals surface area contributed by atoms with Gasteiger partial charge in [-0.2, -0.15) is 0 Å². The standard InChI is InChI=1S/C23H29N3O2S/c27-29(28)12-10-25(11-13-29)22-6-8-23(9-7-22)26-17-20-15-24(16-21(20)18-26)14-19-4-2-1-3-5-19/h1-9,20-21H,10-18H2. The van der Waals surface area contributed by atoms with Crippen LogP contribution >= 0.6 is 0 Å². The molecule has 0 spiro atoms. The maximum absolute atomic E-state index is 11.6. The van der Waals surface area contributed by atoms with E-state index in [2.05, 4.69) is 69.3 Å². The lowest BCUT2D eigenvalue weighted by Gasteiger charge is -2.29. The van der Waals surface area contributed by atoms with Crippen molar-refractivity contribution in [2.75, 3.05) is 60.6 Å². The molecule has 2 aromatic carbocycles. The maximum atomic E-state index is 11.6. The van der Waals surface area contributed by atoms with E-state index in [1.165, 1.54) is 24.3 Å². The molecule has 0 radical (unpaired) electrons. The lowest BCUT2D eigenvalue weighted by molar-refractivity contribution is 0.309. The number of fused-ring (bicyclic) bond motifs is 1. The van der Waals surface area contributed by atoms with Crippen molar-refractivity contribution in [3.05, 3.63) is 60.2 Å². The molecule has 0 saturated carbocycles. The second-order valence-corrected chi connectivity index (χ2v) is 11.1. The van der Waals surface area contributed by atoms with Gasteiger partial charge in [-0.3, -0.25) is 4.90 Å². The van der Waals surface area contributed by atoms with Crippen LogP contribution in [0.2, 0.25) is 0 Å². The van der Waals surface area contributed by atoms with Crippen LogP contribution in [0.5, 0.6) is 0 Å². The molecule has 2 aromatic rings. The quantitative estimate of drug-likeness (QED) is 0.773. The third-order valence-corrected chi connectivity index (χ3v) is 8.34. The molecule has 0 bridgehead atoms. The first kappa shape index (κ1) is 18.9. The lowest BCUT2D eigenvalue weighted by atomic mass is 10.0. The average Bonchev–Trinajstić information content (AvgIpc) is 3.28. The van der Waals surface area contributed by atoms with E-state index in [9.17, 15) is 8.42 Å². The van der Waals surface area contributed by atoms with Crippen LogP contribution in [0.15, 0.2) is 54.6 Å². The van der Waals surface area contributed by atoms with E-state index in [0.717, 1.165) is 37.2 Å². The zero-order valence-electron chi connectivity index (χ0n) is 16.8. The molecule has 3 aliphatic rings. The van der Waals surface area contributed by atoms with Crippen LogP contribution in [0.1, 0.15) is 5.56 Å². The fourth-order valence-electron chi connectivity index (χ4n) is 5.12. The Kier molecular flexibility index (Phi) is 5.00. The number of nitrogens with zero attached hydrogens (tertiary/aromatic N) is 3. The summed E-state index contributed by atoms with van der Waals surface area (Å²) in [6.45, 7) is 6.93. The molecule has 2 atom stereocenters. The highest BCUT2D eigenvalue weighted by molar-refractivity contribution is 7.91. The largest absolute Gasteiger partial charge is 0.371 e. The molecule has 3 fully saturated rings. The Morgan fingerprint density at radius 3 is 1.86 bits per heavy atom. The van der Waals surface area contributed by atoms with Crippen LogP contribution in [0, 0.1) is 11.8 Å². The van der Waals surface area contributed by atoms with Gasteiger partial charge in [0, 0.05) is 57.2 Å². The van der Waals surface area contributed by atoms with Gasteiger partial charge in [-0.05, 0) is 41.7 Å². The molecule has 154 valence electrons. The van der Waals surface area contributed by atoms with Crippen molar-refractivity contribution in [1.29, 1.82) is 0 Å². The Labute approximate surface area is 173 Å². The van der Waals surface area contributed by atoms with Crippen LogP contribution in [0.25, 0.3) is 0 Å². The van der Waals surface area contributed by atoms with Crippen LogP contribution in [-0.4, -0.2) is 64.1 Å². The Morgan fingerprint density at radius 1 is 0.724 bits per heavy atom. The first-order valence-corrected chi connectivity index (χ1v) is 12.4. The summed E-state index contributed by atoms with van der Waals surface area (Å²) in [5, 5.41) is 0. The molecule has 0 N–H and O–H groups in total. The molecule has 0 aromatic heterocycles. The summed E-state index contributed by atoms with van der Waals surface area (Å²) in [6, 6.07) is 19.5. The van der Waals surface area contributed by atoms with Gasteiger partial charge >= 0.3 is 0 Å². The molecule has 5 rings (SSSR count). The van der Waals surface area contributed by atoms with Crippen LogP contribution in [0.4, 0.5) is 11.4 Å². The van der Waals surface area contributed by atoms with E-state index >= 15 is 0 Å². The topological polar surface area (TPSA) is 43.9 Å². The minimum atomic E-state index is -2.83. The van der Waals surface area contributed by atoms with Gasteiger partial charge in [0.2, 0.25) is 0 Å². The summed E-state index contributed by atoms with van der Waals surface area (Å²) in [5.74, 6) is 2.05. The number of anilines is 2. The highest BCUT2D eigenvalue weighted by Gasteiger charge is 2.39. The molecule has 3 aliphatic heterocycles. The highest BCUT2D eigenvalue weighted by Crippen LogP contribution is 2.35. The number of sulfone groups is 1. The second kappa shape index (κ2) is 7.65. The molecule has 0 amide bonds. The van der Waals surface area contributed by atoms with Gasteiger partial charge in [0.1, 0.15) is 0 Å². The predicted molar refractivity (Wildman–Crippen MR) is 118 cm³/mol. The second-order valence-electron chi connectivity index (χ2n) is 8.76. The number of hydrogen-bond acceptors (Lipinski definition) is 5. The molecule has 29 heavy (non-hydrogen) atoms. The van der Waals surface area contributed by atoms with E-state index in [0.29, 0.717) is 13.1 Å². The fourth-order valence-corrected chi connectivity index (χ4v) is 6.32. The first-order valence-electron chi connectivity index (χ1n) is 10.6.